The monoisotopic (exact) mass is 200 g/mol. The first-order chi connectivity index (χ1) is 6.09. The first kappa shape index (κ1) is 8.82. The SMILES string of the molecule is CC1(Cl)CCOc2ccc(F)cc21. The van der Waals surface area contributed by atoms with Crippen LogP contribution in [-0.4, -0.2) is 6.61 Å². The minimum Gasteiger partial charge on any atom is -0.493 e. The van der Waals surface area contributed by atoms with Crippen LogP contribution in [0.15, 0.2) is 18.2 Å². The van der Waals surface area contributed by atoms with E-state index >= 15 is 0 Å². The van der Waals surface area contributed by atoms with Crippen LogP contribution in [0.1, 0.15) is 18.9 Å². The van der Waals surface area contributed by atoms with Gasteiger partial charge in [-0.2, -0.15) is 0 Å². The van der Waals surface area contributed by atoms with Crippen LogP contribution in [0.3, 0.4) is 0 Å². The molecule has 0 aliphatic carbocycles. The van der Waals surface area contributed by atoms with E-state index in [1.807, 2.05) is 6.92 Å². The van der Waals surface area contributed by atoms with Crippen molar-refractivity contribution >= 4 is 11.6 Å². The molecule has 0 saturated carbocycles. The molecule has 1 aliphatic heterocycles. The molecule has 0 fully saturated rings. The Balaban J connectivity index is 2.55. The molecule has 1 heterocycles. The Morgan fingerprint density at radius 2 is 2.31 bits per heavy atom. The molecule has 1 nitrogen and oxygen atoms in total. The molecule has 0 amide bonds. The van der Waals surface area contributed by atoms with Gasteiger partial charge in [-0.25, -0.2) is 4.39 Å². The number of rotatable bonds is 0. The quantitative estimate of drug-likeness (QED) is 0.585. The molecule has 1 aromatic carbocycles. The fourth-order valence-corrected chi connectivity index (χ4v) is 1.75. The van der Waals surface area contributed by atoms with E-state index in [1.54, 1.807) is 6.07 Å². The number of benzene rings is 1. The summed E-state index contributed by atoms with van der Waals surface area (Å²) in [7, 11) is 0. The predicted molar refractivity (Wildman–Crippen MR) is 49.7 cm³/mol. The van der Waals surface area contributed by atoms with E-state index in [4.69, 9.17) is 16.3 Å². The van der Waals surface area contributed by atoms with Crippen molar-refractivity contribution in [1.29, 1.82) is 0 Å². The Hall–Kier alpha value is -0.760. The van der Waals surface area contributed by atoms with Gasteiger partial charge in [0.15, 0.2) is 0 Å². The van der Waals surface area contributed by atoms with Crippen LogP contribution < -0.4 is 4.74 Å². The maximum Gasteiger partial charge on any atom is 0.124 e. The number of ether oxygens (including phenoxy) is 1. The smallest absolute Gasteiger partial charge is 0.124 e. The molecule has 3 heteroatoms. The molecule has 1 atom stereocenters. The summed E-state index contributed by atoms with van der Waals surface area (Å²) in [5, 5.41) is 0. The molecular weight excluding hydrogens is 191 g/mol. The van der Waals surface area contributed by atoms with Gasteiger partial charge in [0.05, 0.1) is 11.5 Å². The van der Waals surface area contributed by atoms with E-state index in [2.05, 4.69) is 0 Å². The second kappa shape index (κ2) is 2.88. The minimum absolute atomic E-state index is 0.267. The third-order valence-electron chi connectivity index (χ3n) is 2.33. The van der Waals surface area contributed by atoms with Gasteiger partial charge in [-0.05, 0) is 25.1 Å². The first-order valence-corrected chi connectivity index (χ1v) is 4.59. The predicted octanol–water partition coefficient (Wildman–Crippen LogP) is 3.06. The van der Waals surface area contributed by atoms with Crippen LogP contribution >= 0.6 is 11.6 Å². The molecule has 1 aliphatic rings. The summed E-state index contributed by atoms with van der Waals surface area (Å²) >= 11 is 6.23. The Bertz CT molecular complexity index is 336. The fourth-order valence-electron chi connectivity index (χ4n) is 1.52. The summed E-state index contributed by atoms with van der Waals surface area (Å²) in [5.74, 6) is 0.432. The summed E-state index contributed by atoms with van der Waals surface area (Å²) in [5.41, 5.74) is 0.750. The molecule has 0 spiro atoms. The van der Waals surface area contributed by atoms with Gasteiger partial charge in [-0.1, -0.05) is 0 Å². The standard InChI is InChI=1S/C10H10ClFO/c1-10(11)4-5-13-9-3-2-7(12)6-8(9)10/h2-3,6H,4-5H2,1H3. The number of alkyl halides is 1. The van der Waals surface area contributed by atoms with Crippen molar-refractivity contribution in [3.63, 3.8) is 0 Å². The van der Waals surface area contributed by atoms with Crippen molar-refractivity contribution < 1.29 is 9.13 Å². The highest BCUT2D eigenvalue weighted by Gasteiger charge is 2.31. The van der Waals surface area contributed by atoms with Crippen molar-refractivity contribution in [1.82, 2.24) is 0 Å². The van der Waals surface area contributed by atoms with Gasteiger partial charge in [-0.15, -0.1) is 11.6 Å². The first-order valence-electron chi connectivity index (χ1n) is 4.21. The van der Waals surface area contributed by atoms with Crippen LogP contribution in [0.4, 0.5) is 4.39 Å². The Morgan fingerprint density at radius 3 is 3.08 bits per heavy atom. The Morgan fingerprint density at radius 1 is 1.54 bits per heavy atom. The lowest BCUT2D eigenvalue weighted by Crippen LogP contribution is -2.24. The van der Waals surface area contributed by atoms with E-state index in [0.29, 0.717) is 18.8 Å². The third kappa shape index (κ3) is 1.51. The highest BCUT2D eigenvalue weighted by atomic mass is 35.5. The van der Waals surface area contributed by atoms with E-state index in [0.717, 1.165) is 5.56 Å². The molecule has 0 aromatic heterocycles. The molecule has 0 saturated heterocycles. The normalized spacial score (nSPS) is 26.4. The average molecular weight is 201 g/mol. The van der Waals surface area contributed by atoms with E-state index < -0.39 is 4.87 Å². The van der Waals surface area contributed by atoms with Gasteiger partial charge in [0.2, 0.25) is 0 Å². The lowest BCUT2D eigenvalue weighted by molar-refractivity contribution is 0.259. The summed E-state index contributed by atoms with van der Waals surface area (Å²) < 4.78 is 18.3. The van der Waals surface area contributed by atoms with E-state index in [9.17, 15) is 4.39 Å². The third-order valence-corrected chi connectivity index (χ3v) is 2.72. The maximum atomic E-state index is 12.9. The van der Waals surface area contributed by atoms with E-state index in [-0.39, 0.29) is 5.82 Å². The van der Waals surface area contributed by atoms with Gasteiger partial charge in [0.25, 0.3) is 0 Å². The summed E-state index contributed by atoms with van der Waals surface area (Å²) in [6, 6.07) is 4.46. The van der Waals surface area contributed by atoms with E-state index in [1.165, 1.54) is 12.1 Å². The molecule has 13 heavy (non-hydrogen) atoms. The second-order valence-electron chi connectivity index (χ2n) is 3.44. The molecular formula is C10H10ClFO. The molecule has 70 valence electrons. The van der Waals surface area contributed by atoms with Crippen LogP contribution in [0.5, 0.6) is 5.75 Å². The zero-order chi connectivity index (χ0) is 9.47. The van der Waals surface area contributed by atoms with Crippen molar-refractivity contribution in [2.24, 2.45) is 0 Å². The number of hydrogen-bond donors (Lipinski definition) is 0. The zero-order valence-electron chi connectivity index (χ0n) is 7.31. The van der Waals surface area contributed by atoms with Crippen LogP contribution in [0.25, 0.3) is 0 Å². The van der Waals surface area contributed by atoms with Gasteiger partial charge in [0.1, 0.15) is 11.6 Å². The van der Waals surface area contributed by atoms with Crippen molar-refractivity contribution in [2.75, 3.05) is 6.61 Å². The summed E-state index contributed by atoms with van der Waals surface area (Å²) in [6.07, 6.45) is 0.713. The largest absolute Gasteiger partial charge is 0.493 e. The minimum atomic E-state index is -0.490. The second-order valence-corrected chi connectivity index (χ2v) is 4.27. The summed E-state index contributed by atoms with van der Waals surface area (Å²) in [6.45, 7) is 2.48. The molecule has 2 rings (SSSR count). The lowest BCUT2D eigenvalue weighted by atomic mass is 9.94. The van der Waals surface area contributed by atoms with Crippen molar-refractivity contribution in [2.45, 2.75) is 18.2 Å². The maximum absolute atomic E-state index is 12.9. The highest BCUT2D eigenvalue weighted by Crippen LogP contribution is 2.41. The summed E-state index contributed by atoms with van der Waals surface area (Å²) in [4.78, 5) is -0.490. The Kier molecular flexibility index (Phi) is 1.95. The number of halogens is 2. The molecule has 0 bridgehead atoms. The molecule has 0 radical (unpaired) electrons. The lowest BCUT2D eigenvalue weighted by Gasteiger charge is -2.30. The Labute approximate surface area is 81.5 Å². The van der Waals surface area contributed by atoms with Crippen molar-refractivity contribution in [3.8, 4) is 5.75 Å². The van der Waals surface area contributed by atoms with Gasteiger partial charge >= 0.3 is 0 Å². The fraction of sp³-hybridized carbons (Fsp3) is 0.400. The zero-order valence-corrected chi connectivity index (χ0v) is 8.07. The van der Waals surface area contributed by atoms with Crippen molar-refractivity contribution in [3.05, 3.63) is 29.6 Å². The number of hydrogen-bond acceptors (Lipinski definition) is 1. The van der Waals surface area contributed by atoms with Crippen LogP contribution in [0.2, 0.25) is 0 Å². The number of fused-ring (bicyclic) bond motifs is 1. The van der Waals surface area contributed by atoms with Gasteiger partial charge in [0, 0.05) is 12.0 Å². The molecule has 0 N–H and O–H groups in total. The molecule has 1 aromatic rings. The van der Waals surface area contributed by atoms with Crippen LogP contribution in [0, 0.1) is 5.82 Å². The van der Waals surface area contributed by atoms with Gasteiger partial charge < -0.3 is 4.74 Å². The highest BCUT2D eigenvalue weighted by molar-refractivity contribution is 6.24. The topological polar surface area (TPSA) is 9.23 Å². The van der Waals surface area contributed by atoms with Gasteiger partial charge in [-0.3, -0.25) is 0 Å². The van der Waals surface area contributed by atoms with Crippen LogP contribution in [-0.2, 0) is 4.87 Å². The molecule has 1 unspecified atom stereocenters. The average Bonchev–Trinajstić information content (AvgIpc) is 2.06.